The third-order valence-corrected chi connectivity index (χ3v) is 3.55. The Morgan fingerprint density at radius 3 is 2.73 bits per heavy atom. The van der Waals surface area contributed by atoms with Crippen molar-refractivity contribution in [3.8, 4) is 5.75 Å². The summed E-state index contributed by atoms with van der Waals surface area (Å²) in [5, 5.41) is 5.12. The molecule has 1 aromatic carbocycles. The Kier molecular flexibility index (Phi) is 3.32. The molecule has 0 saturated carbocycles. The molecule has 0 spiro atoms. The average molecular weight is 301 g/mol. The zero-order chi connectivity index (χ0) is 15.9. The van der Waals surface area contributed by atoms with Crippen molar-refractivity contribution in [3.05, 3.63) is 40.3 Å². The fraction of sp³-hybridized carbons (Fsp3) is 0.267. The molecular formula is C15H15N3O4. The van der Waals surface area contributed by atoms with Gasteiger partial charge in [0.05, 0.1) is 19.7 Å². The highest BCUT2D eigenvalue weighted by Gasteiger charge is 2.15. The van der Waals surface area contributed by atoms with E-state index < -0.39 is 5.97 Å². The first kappa shape index (κ1) is 14.1. The third kappa shape index (κ3) is 2.11. The zero-order valence-corrected chi connectivity index (χ0v) is 12.5. The van der Waals surface area contributed by atoms with Crippen molar-refractivity contribution in [2.45, 2.75) is 13.5 Å². The number of rotatable bonds is 3. The van der Waals surface area contributed by atoms with Gasteiger partial charge in [0.1, 0.15) is 12.3 Å². The van der Waals surface area contributed by atoms with Crippen LogP contribution in [0.25, 0.3) is 16.6 Å². The van der Waals surface area contributed by atoms with Gasteiger partial charge >= 0.3 is 11.7 Å². The number of ether oxygens (including phenoxy) is 2. The average Bonchev–Trinajstić information content (AvgIpc) is 2.85. The third-order valence-electron chi connectivity index (χ3n) is 3.55. The molecule has 0 radical (unpaired) electrons. The van der Waals surface area contributed by atoms with E-state index in [9.17, 15) is 9.59 Å². The number of carbonyl (C=O) groups is 1. The van der Waals surface area contributed by atoms with E-state index in [0.29, 0.717) is 16.9 Å². The molecule has 7 heteroatoms. The number of aromatic nitrogens is 3. The van der Waals surface area contributed by atoms with Crippen LogP contribution in [0, 0.1) is 6.92 Å². The minimum Gasteiger partial charge on any atom is -0.497 e. The Morgan fingerprint density at radius 2 is 2.05 bits per heavy atom. The van der Waals surface area contributed by atoms with Gasteiger partial charge in [0.25, 0.3) is 0 Å². The van der Waals surface area contributed by atoms with Gasteiger partial charge in [-0.25, -0.2) is 13.9 Å². The molecule has 0 bridgehead atoms. The molecule has 2 aromatic heterocycles. The molecule has 0 atom stereocenters. The second kappa shape index (κ2) is 5.18. The minimum atomic E-state index is -0.523. The van der Waals surface area contributed by atoms with Crippen LogP contribution in [0.1, 0.15) is 5.56 Å². The largest absolute Gasteiger partial charge is 0.497 e. The van der Waals surface area contributed by atoms with Crippen molar-refractivity contribution >= 4 is 22.5 Å². The monoisotopic (exact) mass is 301 g/mol. The molecule has 3 rings (SSSR count). The number of esters is 1. The molecule has 0 unspecified atom stereocenters. The molecule has 7 nitrogen and oxygen atoms in total. The van der Waals surface area contributed by atoms with Crippen LogP contribution in [0.15, 0.2) is 29.1 Å². The van der Waals surface area contributed by atoms with Gasteiger partial charge in [-0.3, -0.25) is 4.79 Å². The normalized spacial score (nSPS) is 11.0. The van der Waals surface area contributed by atoms with Gasteiger partial charge in [-0.15, -0.1) is 5.10 Å². The molecular weight excluding hydrogens is 286 g/mol. The molecule has 0 aliphatic rings. The van der Waals surface area contributed by atoms with Crippen LogP contribution >= 0.6 is 0 Å². The van der Waals surface area contributed by atoms with Crippen LogP contribution in [-0.4, -0.2) is 34.4 Å². The SMILES string of the molecule is COC(=O)Cn1nc2c(C)cc3ccc(OC)cc3n2c1=O. The zero-order valence-electron chi connectivity index (χ0n) is 12.5. The highest BCUT2D eigenvalue weighted by molar-refractivity contribution is 5.84. The van der Waals surface area contributed by atoms with Gasteiger partial charge in [-0.2, -0.15) is 0 Å². The first-order valence-electron chi connectivity index (χ1n) is 6.69. The van der Waals surface area contributed by atoms with Gasteiger partial charge in [0, 0.05) is 6.07 Å². The maximum atomic E-state index is 12.6. The van der Waals surface area contributed by atoms with Crippen LogP contribution in [0.4, 0.5) is 0 Å². The van der Waals surface area contributed by atoms with Crippen LogP contribution in [0.2, 0.25) is 0 Å². The molecule has 114 valence electrons. The predicted molar refractivity (Wildman–Crippen MR) is 80.3 cm³/mol. The van der Waals surface area contributed by atoms with Crippen molar-refractivity contribution < 1.29 is 14.3 Å². The number of hydrogen-bond acceptors (Lipinski definition) is 5. The molecule has 0 aliphatic carbocycles. The fourth-order valence-electron chi connectivity index (χ4n) is 2.43. The smallest absolute Gasteiger partial charge is 0.351 e. The molecule has 0 N–H and O–H groups in total. The molecule has 0 amide bonds. The Balaban J connectivity index is 2.35. The lowest BCUT2D eigenvalue weighted by Gasteiger charge is -2.05. The second-order valence-corrected chi connectivity index (χ2v) is 4.93. The Hall–Kier alpha value is -2.83. The number of benzene rings is 1. The molecule has 3 aromatic rings. The highest BCUT2D eigenvalue weighted by Crippen LogP contribution is 2.23. The highest BCUT2D eigenvalue weighted by atomic mass is 16.5. The van der Waals surface area contributed by atoms with Crippen molar-refractivity contribution in [1.29, 1.82) is 0 Å². The lowest BCUT2D eigenvalue weighted by atomic mass is 10.1. The Morgan fingerprint density at radius 1 is 1.27 bits per heavy atom. The number of hydrogen-bond donors (Lipinski definition) is 0. The van der Waals surface area contributed by atoms with Gasteiger partial charge < -0.3 is 9.47 Å². The maximum Gasteiger partial charge on any atom is 0.351 e. The van der Waals surface area contributed by atoms with E-state index in [1.54, 1.807) is 13.2 Å². The Labute approximate surface area is 125 Å². The summed E-state index contributed by atoms with van der Waals surface area (Å²) in [5.74, 6) is 0.121. The quantitative estimate of drug-likeness (QED) is 0.678. The maximum absolute atomic E-state index is 12.6. The number of nitrogens with zero attached hydrogens (tertiary/aromatic N) is 3. The lowest BCUT2D eigenvalue weighted by molar-refractivity contribution is -0.141. The van der Waals surface area contributed by atoms with E-state index in [1.807, 2.05) is 25.1 Å². The van der Waals surface area contributed by atoms with Gasteiger partial charge in [-0.1, -0.05) is 0 Å². The number of methoxy groups -OCH3 is 2. The summed E-state index contributed by atoms with van der Waals surface area (Å²) in [6, 6.07) is 7.43. The predicted octanol–water partition coefficient (Wildman–Crippen LogP) is 1.14. The van der Waals surface area contributed by atoms with Crippen molar-refractivity contribution in [2.75, 3.05) is 14.2 Å². The van der Waals surface area contributed by atoms with Crippen LogP contribution < -0.4 is 10.4 Å². The van der Waals surface area contributed by atoms with E-state index in [1.165, 1.54) is 11.5 Å². The molecule has 2 heterocycles. The summed E-state index contributed by atoms with van der Waals surface area (Å²) in [6.07, 6.45) is 0. The van der Waals surface area contributed by atoms with E-state index in [2.05, 4.69) is 9.84 Å². The van der Waals surface area contributed by atoms with Crippen molar-refractivity contribution in [3.63, 3.8) is 0 Å². The first-order valence-corrected chi connectivity index (χ1v) is 6.69. The van der Waals surface area contributed by atoms with Crippen LogP contribution in [0.5, 0.6) is 5.75 Å². The van der Waals surface area contributed by atoms with Crippen LogP contribution in [0.3, 0.4) is 0 Å². The van der Waals surface area contributed by atoms with Gasteiger partial charge in [0.2, 0.25) is 0 Å². The van der Waals surface area contributed by atoms with Gasteiger partial charge in [0.15, 0.2) is 5.65 Å². The first-order chi connectivity index (χ1) is 10.5. The fourth-order valence-corrected chi connectivity index (χ4v) is 2.43. The number of aryl methyl sites for hydroxylation is 1. The molecule has 22 heavy (non-hydrogen) atoms. The second-order valence-electron chi connectivity index (χ2n) is 4.93. The Bertz CT molecular complexity index is 939. The van der Waals surface area contributed by atoms with E-state index in [4.69, 9.17) is 4.74 Å². The summed E-state index contributed by atoms with van der Waals surface area (Å²) in [5.41, 5.74) is 1.65. The summed E-state index contributed by atoms with van der Waals surface area (Å²) in [4.78, 5) is 24.0. The summed E-state index contributed by atoms with van der Waals surface area (Å²) >= 11 is 0. The summed E-state index contributed by atoms with van der Waals surface area (Å²) in [7, 11) is 2.84. The minimum absolute atomic E-state index is 0.220. The van der Waals surface area contributed by atoms with Gasteiger partial charge in [-0.05, 0) is 36.1 Å². The summed E-state index contributed by atoms with van der Waals surface area (Å²) in [6.45, 7) is 1.65. The van der Waals surface area contributed by atoms with E-state index in [0.717, 1.165) is 15.6 Å². The number of carbonyl (C=O) groups excluding carboxylic acids is 1. The molecule has 0 saturated heterocycles. The topological polar surface area (TPSA) is 74.8 Å². The molecule has 0 fully saturated rings. The molecule has 0 aliphatic heterocycles. The summed E-state index contributed by atoms with van der Waals surface area (Å²) < 4.78 is 12.4. The lowest BCUT2D eigenvalue weighted by Crippen LogP contribution is -2.25. The van der Waals surface area contributed by atoms with E-state index >= 15 is 0 Å². The van der Waals surface area contributed by atoms with E-state index in [-0.39, 0.29) is 12.2 Å². The van der Waals surface area contributed by atoms with Crippen molar-refractivity contribution in [2.24, 2.45) is 0 Å². The standard InChI is InChI=1S/C15H15N3O4/c1-9-6-10-4-5-11(21-2)7-12(10)18-14(9)16-17(15(18)20)8-13(19)22-3/h4-7H,8H2,1-3H3. The van der Waals surface area contributed by atoms with Crippen molar-refractivity contribution in [1.82, 2.24) is 14.2 Å². The number of fused-ring (bicyclic) bond motifs is 3. The van der Waals surface area contributed by atoms with Crippen LogP contribution in [-0.2, 0) is 16.1 Å². The number of pyridine rings is 1.